The van der Waals surface area contributed by atoms with Gasteiger partial charge in [-0.1, -0.05) is 119 Å². The molecule has 0 atom stereocenters. The van der Waals surface area contributed by atoms with Gasteiger partial charge in [0.2, 0.25) is 0 Å². The van der Waals surface area contributed by atoms with Gasteiger partial charge in [-0.25, -0.2) is 4.99 Å². The number of amidine groups is 1. The van der Waals surface area contributed by atoms with Crippen LogP contribution in [0.3, 0.4) is 0 Å². The third-order valence-corrected chi connectivity index (χ3v) is 7.25. The van der Waals surface area contributed by atoms with Crippen LogP contribution in [0.15, 0.2) is 77.8 Å². The normalized spacial score (nSPS) is 12.5. The minimum absolute atomic E-state index is 0.737. The molecule has 36 heavy (non-hydrogen) atoms. The van der Waals surface area contributed by atoms with E-state index in [1.54, 1.807) is 0 Å². The van der Waals surface area contributed by atoms with Gasteiger partial charge in [-0.15, -0.1) is 0 Å². The number of nitrogens with zero attached hydrogens (tertiary/aromatic N) is 1. The molecule has 0 bridgehead atoms. The molecule has 0 spiro atoms. The zero-order chi connectivity index (χ0) is 24.6. The summed E-state index contributed by atoms with van der Waals surface area (Å²) in [5, 5.41) is 8.36. The SMILES string of the molecule is CCCCCCCCCCCCOc1ccc2ccccc2c1C1=Nc2cccc3cccc(c23)N1. The first-order valence-electron chi connectivity index (χ1n) is 13.9. The van der Waals surface area contributed by atoms with E-state index in [0.29, 0.717) is 0 Å². The second kappa shape index (κ2) is 12.1. The Kier molecular flexibility index (Phi) is 8.17. The van der Waals surface area contributed by atoms with Crippen molar-refractivity contribution in [1.82, 2.24) is 0 Å². The molecule has 0 amide bonds. The van der Waals surface area contributed by atoms with Gasteiger partial charge in [0.15, 0.2) is 0 Å². The van der Waals surface area contributed by atoms with Crippen LogP contribution in [0.2, 0.25) is 0 Å². The highest BCUT2D eigenvalue weighted by Crippen LogP contribution is 2.39. The summed E-state index contributed by atoms with van der Waals surface area (Å²) in [4.78, 5) is 5.07. The summed E-state index contributed by atoms with van der Waals surface area (Å²) in [6, 6.07) is 25.5. The summed E-state index contributed by atoms with van der Waals surface area (Å²) < 4.78 is 6.41. The Morgan fingerprint density at radius 2 is 1.36 bits per heavy atom. The van der Waals surface area contributed by atoms with Crippen LogP contribution in [0, 0.1) is 0 Å². The van der Waals surface area contributed by atoms with Gasteiger partial charge in [0, 0.05) is 11.1 Å². The van der Waals surface area contributed by atoms with Gasteiger partial charge in [0.05, 0.1) is 17.9 Å². The van der Waals surface area contributed by atoms with Gasteiger partial charge in [0.1, 0.15) is 11.6 Å². The smallest absolute Gasteiger partial charge is 0.142 e. The van der Waals surface area contributed by atoms with E-state index in [4.69, 9.17) is 9.73 Å². The third kappa shape index (κ3) is 5.56. The lowest BCUT2D eigenvalue weighted by Crippen LogP contribution is -2.18. The predicted molar refractivity (Wildman–Crippen MR) is 155 cm³/mol. The zero-order valence-electron chi connectivity index (χ0n) is 21.6. The molecule has 0 saturated carbocycles. The lowest BCUT2D eigenvalue weighted by Gasteiger charge is -2.22. The van der Waals surface area contributed by atoms with Crippen LogP contribution in [0.5, 0.6) is 5.75 Å². The van der Waals surface area contributed by atoms with E-state index in [1.165, 1.54) is 73.9 Å². The first-order chi connectivity index (χ1) is 17.8. The molecule has 3 heteroatoms. The Bertz CT molecular complexity index is 1340. The molecule has 1 aliphatic rings. The van der Waals surface area contributed by atoms with Crippen LogP contribution < -0.4 is 10.1 Å². The molecule has 1 heterocycles. The molecule has 186 valence electrons. The quantitative estimate of drug-likeness (QED) is 0.194. The molecule has 1 aliphatic heterocycles. The summed E-state index contributed by atoms with van der Waals surface area (Å²) in [5.41, 5.74) is 3.15. The summed E-state index contributed by atoms with van der Waals surface area (Å²) in [5.74, 6) is 1.76. The molecule has 0 fully saturated rings. The Labute approximate surface area is 215 Å². The molecule has 0 aliphatic carbocycles. The summed E-state index contributed by atoms with van der Waals surface area (Å²) in [6.45, 7) is 3.02. The van der Waals surface area contributed by atoms with Crippen molar-refractivity contribution in [3.8, 4) is 5.75 Å². The molecule has 0 aromatic heterocycles. The molecular formula is C33H38N2O. The lowest BCUT2D eigenvalue weighted by molar-refractivity contribution is 0.304. The summed E-state index contributed by atoms with van der Waals surface area (Å²) >= 11 is 0. The van der Waals surface area contributed by atoms with Gasteiger partial charge in [-0.2, -0.15) is 0 Å². The number of unbranched alkanes of at least 4 members (excludes halogenated alkanes) is 9. The number of benzene rings is 4. The van der Waals surface area contributed by atoms with Gasteiger partial charge >= 0.3 is 0 Å². The van der Waals surface area contributed by atoms with Crippen molar-refractivity contribution in [2.24, 2.45) is 4.99 Å². The molecule has 3 nitrogen and oxygen atoms in total. The molecule has 4 aromatic carbocycles. The van der Waals surface area contributed by atoms with E-state index in [1.807, 2.05) is 0 Å². The van der Waals surface area contributed by atoms with E-state index in [9.17, 15) is 0 Å². The van der Waals surface area contributed by atoms with Gasteiger partial charge < -0.3 is 10.1 Å². The van der Waals surface area contributed by atoms with Crippen LogP contribution in [-0.2, 0) is 0 Å². The monoisotopic (exact) mass is 478 g/mol. The number of fused-ring (bicyclic) bond motifs is 1. The fourth-order valence-electron chi connectivity index (χ4n) is 5.30. The van der Waals surface area contributed by atoms with E-state index in [2.05, 4.69) is 85.0 Å². The van der Waals surface area contributed by atoms with Crippen molar-refractivity contribution >= 4 is 38.8 Å². The van der Waals surface area contributed by atoms with E-state index in [-0.39, 0.29) is 0 Å². The third-order valence-electron chi connectivity index (χ3n) is 7.25. The minimum Gasteiger partial charge on any atom is -0.493 e. The van der Waals surface area contributed by atoms with Gasteiger partial charge in [0.25, 0.3) is 0 Å². The molecule has 0 unspecified atom stereocenters. The maximum absolute atomic E-state index is 6.41. The average Bonchev–Trinajstić information content (AvgIpc) is 2.91. The zero-order valence-corrected chi connectivity index (χ0v) is 21.6. The van der Waals surface area contributed by atoms with Crippen molar-refractivity contribution in [1.29, 1.82) is 0 Å². The first kappa shape index (κ1) is 24.4. The molecule has 1 N–H and O–H groups in total. The molecule has 5 rings (SSSR count). The Balaban J connectivity index is 1.28. The molecule has 0 saturated heterocycles. The van der Waals surface area contributed by atoms with E-state index >= 15 is 0 Å². The fraction of sp³-hybridized carbons (Fsp3) is 0.364. The average molecular weight is 479 g/mol. The molecular weight excluding hydrogens is 440 g/mol. The van der Waals surface area contributed by atoms with Crippen LogP contribution in [0.25, 0.3) is 21.5 Å². The van der Waals surface area contributed by atoms with E-state index in [0.717, 1.165) is 46.9 Å². The maximum Gasteiger partial charge on any atom is 0.142 e. The van der Waals surface area contributed by atoms with Crippen molar-refractivity contribution in [2.75, 3.05) is 11.9 Å². The highest BCUT2D eigenvalue weighted by atomic mass is 16.5. The van der Waals surface area contributed by atoms with E-state index < -0.39 is 0 Å². The van der Waals surface area contributed by atoms with Gasteiger partial charge in [-0.3, -0.25) is 0 Å². The highest BCUT2D eigenvalue weighted by molar-refractivity contribution is 6.23. The second-order valence-electron chi connectivity index (χ2n) is 9.96. The Morgan fingerprint density at radius 3 is 2.17 bits per heavy atom. The Morgan fingerprint density at radius 1 is 0.667 bits per heavy atom. The van der Waals surface area contributed by atoms with Crippen LogP contribution in [-0.4, -0.2) is 12.4 Å². The number of anilines is 1. The number of hydrogen-bond donors (Lipinski definition) is 1. The van der Waals surface area contributed by atoms with Crippen LogP contribution in [0.4, 0.5) is 11.4 Å². The Hall–Kier alpha value is -3.33. The first-order valence-corrected chi connectivity index (χ1v) is 13.9. The topological polar surface area (TPSA) is 33.6 Å². The van der Waals surface area contributed by atoms with Crippen molar-refractivity contribution < 1.29 is 4.74 Å². The summed E-state index contributed by atoms with van der Waals surface area (Å²) in [7, 11) is 0. The highest BCUT2D eigenvalue weighted by Gasteiger charge is 2.20. The van der Waals surface area contributed by atoms with Crippen molar-refractivity contribution in [2.45, 2.75) is 71.1 Å². The number of ether oxygens (including phenoxy) is 1. The lowest BCUT2D eigenvalue weighted by atomic mass is 10.00. The predicted octanol–water partition coefficient (Wildman–Crippen LogP) is 9.80. The number of hydrogen-bond acceptors (Lipinski definition) is 3. The summed E-state index contributed by atoms with van der Waals surface area (Å²) in [6.07, 6.45) is 13.2. The molecule has 4 aromatic rings. The van der Waals surface area contributed by atoms with Crippen molar-refractivity contribution in [3.63, 3.8) is 0 Å². The van der Waals surface area contributed by atoms with Crippen LogP contribution in [0.1, 0.15) is 76.7 Å². The largest absolute Gasteiger partial charge is 0.493 e. The standard InChI is InChI=1S/C33H38N2O/c1-2-3-4-5-6-7-8-9-10-13-24-36-30-23-22-25-16-11-12-19-27(25)32(30)33-34-28-20-14-17-26-18-15-21-29(35-33)31(26)28/h11-12,14-23H,2-10,13,24H2,1H3,(H,34,35). The fourth-order valence-corrected chi connectivity index (χ4v) is 5.30. The van der Waals surface area contributed by atoms with Gasteiger partial charge in [-0.05, 0) is 40.8 Å². The van der Waals surface area contributed by atoms with Crippen LogP contribution >= 0.6 is 0 Å². The number of aliphatic imine (C=N–C) groups is 1. The number of nitrogens with one attached hydrogen (secondary N) is 1. The minimum atomic E-state index is 0.737. The second-order valence-corrected chi connectivity index (χ2v) is 9.96. The number of rotatable bonds is 13. The maximum atomic E-state index is 6.41. The molecule has 0 radical (unpaired) electrons. The van der Waals surface area contributed by atoms with Crippen molar-refractivity contribution in [3.05, 3.63) is 78.4 Å².